The van der Waals surface area contributed by atoms with Crippen LogP contribution in [0.3, 0.4) is 0 Å². The van der Waals surface area contributed by atoms with Crippen molar-refractivity contribution in [1.82, 2.24) is 0 Å². The average Bonchev–Trinajstić information content (AvgIpc) is 1.12. The monoisotopic (exact) mass is 478 g/mol. The van der Waals surface area contributed by atoms with Crippen molar-refractivity contribution in [2.24, 2.45) is 0 Å². The van der Waals surface area contributed by atoms with Gasteiger partial charge in [0.25, 0.3) is 0 Å². The van der Waals surface area contributed by atoms with E-state index in [0.29, 0.717) is 0 Å². The van der Waals surface area contributed by atoms with Crippen molar-refractivity contribution in [2.45, 2.75) is 0 Å². The van der Waals surface area contributed by atoms with Crippen molar-refractivity contribution in [2.75, 3.05) is 0 Å². The van der Waals surface area contributed by atoms with Crippen molar-refractivity contribution in [1.29, 1.82) is 0 Å². The third-order valence-corrected chi connectivity index (χ3v) is 0. The van der Waals surface area contributed by atoms with E-state index in [1.165, 1.54) is 0 Å². The van der Waals surface area contributed by atoms with E-state index in [-0.39, 0.29) is 5.48 Å². The van der Waals surface area contributed by atoms with Crippen molar-refractivity contribution in [3.8, 4) is 0 Å². The molecule has 0 aromatic carbocycles. The first-order chi connectivity index (χ1) is 4.00. The van der Waals surface area contributed by atoms with Gasteiger partial charge in [-0.15, -0.1) is 0 Å². The maximum atomic E-state index is 5.04. The van der Waals surface area contributed by atoms with Crippen LogP contribution in [0.2, 0.25) is 0 Å². The molecule has 11 heavy (non-hydrogen) atoms. The normalized spacial score (nSPS) is 10.9. The van der Waals surface area contributed by atoms with Gasteiger partial charge in [0, 0.05) is 0 Å². The second kappa shape index (κ2) is 9.29. The first kappa shape index (κ1) is 20.5. The molecule has 2 N–H and O–H groups in total. The Hall–Kier alpha value is 4.05. The van der Waals surface area contributed by atoms with Crippen LogP contribution >= 0.6 is 68.1 Å². The fraction of sp³-hybridized carbons (Fsp3) is 0. The summed E-state index contributed by atoms with van der Waals surface area (Å²) in [6, 6.07) is 0. The van der Waals surface area contributed by atoms with E-state index in [4.69, 9.17) is 68.1 Å². The fourth-order valence-electron chi connectivity index (χ4n) is 0. The Kier molecular flexibility index (Phi) is 17.3. The van der Waals surface area contributed by atoms with Crippen LogP contribution in [0.15, 0.2) is 0 Å². The van der Waals surface area contributed by atoms with E-state index in [0.717, 1.165) is 0 Å². The van der Waals surface area contributed by atoms with Crippen LogP contribution in [-0.4, -0.2) is 5.48 Å². The Morgan fingerprint density at radius 2 is 0.455 bits per heavy atom. The molecule has 0 saturated carbocycles. The van der Waals surface area contributed by atoms with Crippen molar-refractivity contribution in [3.05, 3.63) is 0 Å². The second-order valence-corrected chi connectivity index (χ2v) is 45.6. The zero-order valence-electron chi connectivity index (χ0n) is 4.52. The summed E-state index contributed by atoms with van der Waals surface area (Å²) in [5, 5.41) is 0. The van der Waals surface area contributed by atoms with E-state index in [1.807, 2.05) is 0 Å². The van der Waals surface area contributed by atoms with E-state index in [9.17, 15) is 0 Å². The van der Waals surface area contributed by atoms with Crippen molar-refractivity contribution >= 4 is 68.1 Å². The Balaban J connectivity index is -0.000000107. The average molecular weight is 484 g/mol. The molecule has 0 rings (SSSR count). The summed E-state index contributed by atoms with van der Waals surface area (Å²) in [7, 11) is 40.3. The number of hydrogen-bond acceptors (Lipinski definition) is 0. The third-order valence-electron chi connectivity index (χ3n) is 0. The molecular weight excluding hydrogens is 482 g/mol. The topological polar surface area (TPSA) is 31.5 Å². The number of hydrogen-bond donors (Lipinski definition) is 0. The van der Waals surface area contributed by atoms with Crippen LogP contribution in [0.25, 0.3) is 0 Å². The molecule has 1 nitrogen and oxygen atoms in total. The van der Waals surface area contributed by atoms with Crippen molar-refractivity contribution < 1.29 is 36.5 Å². The van der Waals surface area contributed by atoms with Gasteiger partial charge < -0.3 is 5.48 Å². The number of rotatable bonds is 0. The molecule has 0 aliphatic carbocycles. The molecule has 0 atom stereocenters. The Morgan fingerprint density at radius 3 is 0.455 bits per heavy atom. The maximum absolute atomic E-state index is 5.04. The van der Waals surface area contributed by atoms with Gasteiger partial charge in [-0.3, -0.25) is 0 Å². The fourth-order valence-corrected chi connectivity index (χ4v) is 0. The molecule has 72 valence electrons. The van der Waals surface area contributed by atoms with Crippen LogP contribution in [-0.2, 0) is 31.0 Å². The Morgan fingerprint density at radius 1 is 0.455 bits per heavy atom. The molecule has 0 radical (unpaired) electrons. The summed E-state index contributed by atoms with van der Waals surface area (Å²) in [4.78, 5) is 0. The first-order valence-corrected chi connectivity index (χ1v) is 26.8. The molecule has 0 unspecified atom stereocenters. The summed E-state index contributed by atoms with van der Waals surface area (Å²) >= 11 is -6.58. The molecule has 0 saturated heterocycles. The summed E-state index contributed by atoms with van der Waals surface area (Å²) in [6.07, 6.45) is 0. The van der Waals surface area contributed by atoms with Crippen LogP contribution in [0.4, 0.5) is 0 Å². The molecular formula is H2Cl8OZr2. The van der Waals surface area contributed by atoms with Crippen LogP contribution in [0.5, 0.6) is 0 Å². The quantitative estimate of drug-likeness (QED) is 0.479. The number of halogens is 8. The standard InChI is InChI=1S/8ClH.H2O.2Zr/h8*1H;1H2;;/q;;;;;;;;;2*+4/p-8. The van der Waals surface area contributed by atoms with Gasteiger partial charge in [-0.1, -0.05) is 0 Å². The SMILES string of the molecule is O.[Cl][Zr]([Cl])([Cl])[Cl].[Cl][Zr]([Cl])([Cl])[Cl]. The van der Waals surface area contributed by atoms with Crippen molar-refractivity contribution in [3.63, 3.8) is 0 Å². The van der Waals surface area contributed by atoms with E-state index in [2.05, 4.69) is 0 Å². The summed E-state index contributed by atoms with van der Waals surface area (Å²) in [5.74, 6) is 0. The Labute approximate surface area is 102 Å². The molecule has 0 aliphatic rings. The van der Waals surface area contributed by atoms with E-state index in [1.54, 1.807) is 0 Å². The molecule has 0 heterocycles. The van der Waals surface area contributed by atoms with Crippen LogP contribution in [0.1, 0.15) is 0 Å². The van der Waals surface area contributed by atoms with Gasteiger partial charge >= 0.3 is 99.1 Å². The van der Waals surface area contributed by atoms with Gasteiger partial charge in [0.05, 0.1) is 0 Å². The summed E-state index contributed by atoms with van der Waals surface area (Å²) in [5.41, 5.74) is 0. The molecule has 0 fully saturated rings. The zero-order valence-corrected chi connectivity index (χ0v) is 15.5. The van der Waals surface area contributed by atoms with E-state index >= 15 is 0 Å². The summed E-state index contributed by atoms with van der Waals surface area (Å²) in [6.45, 7) is 0. The molecule has 0 spiro atoms. The molecule has 0 aromatic heterocycles. The molecule has 11 heteroatoms. The van der Waals surface area contributed by atoms with Gasteiger partial charge in [-0.2, -0.15) is 0 Å². The van der Waals surface area contributed by atoms with Gasteiger partial charge in [-0.05, 0) is 0 Å². The van der Waals surface area contributed by atoms with Gasteiger partial charge in [0.15, 0.2) is 0 Å². The molecule has 0 aromatic rings. The minimum absolute atomic E-state index is 0. The first-order valence-electron chi connectivity index (χ1n) is 1.51. The third kappa shape index (κ3) is 124. The molecule has 0 bridgehead atoms. The van der Waals surface area contributed by atoms with E-state index < -0.39 is 31.0 Å². The predicted octanol–water partition coefficient (Wildman–Crippen LogP) is 4.69. The molecule has 0 amide bonds. The molecule has 0 aliphatic heterocycles. The zero-order chi connectivity index (χ0) is 9.00. The van der Waals surface area contributed by atoms with Crippen LogP contribution in [0, 0.1) is 0 Å². The second-order valence-electron chi connectivity index (χ2n) is 0.857. The predicted molar refractivity (Wildman–Crippen MR) is 50.4 cm³/mol. The van der Waals surface area contributed by atoms with Gasteiger partial charge in [-0.25, -0.2) is 0 Å². The van der Waals surface area contributed by atoms with Gasteiger partial charge in [0.2, 0.25) is 0 Å². The van der Waals surface area contributed by atoms with Gasteiger partial charge in [0.1, 0.15) is 0 Å². The summed E-state index contributed by atoms with van der Waals surface area (Å²) < 4.78 is 0. The Bertz CT molecular complexity index is 55.1. The van der Waals surface area contributed by atoms with Crippen LogP contribution < -0.4 is 0 Å². The minimum atomic E-state index is -3.29.